The minimum atomic E-state index is -5.09. The number of halogens is 2. The standard InChI is InChI=1S/C8H10AsNO5.C5H3Cl2N/c1-5(11)10-6-2-3-7(8(12)4-6)9(13,14)15;6-4-1-2-5(7)8-3-4/h2-4,12H,1H3,(H,10,11)(H2,13,14,15);1-3H. The summed E-state index contributed by atoms with van der Waals surface area (Å²) in [4.78, 5) is 14.4. The number of nitrogens with zero attached hydrogens (tertiary/aromatic N) is 1. The monoisotopic (exact) mass is 422 g/mol. The number of pyridine rings is 1. The van der Waals surface area contributed by atoms with E-state index in [1.165, 1.54) is 19.2 Å². The number of carbonyl (C=O) groups is 1. The number of anilines is 1. The summed E-state index contributed by atoms with van der Waals surface area (Å²) in [5.74, 6) is -0.850. The average Bonchev–Trinajstić information content (AvgIpc) is 2.41. The Morgan fingerprint density at radius 3 is 2.26 bits per heavy atom. The Bertz CT molecular complexity index is 713. The van der Waals surface area contributed by atoms with Gasteiger partial charge in [0.2, 0.25) is 0 Å². The maximum absolute atomic E-state index is 10.9. The van der Waals surface area contributed by atoms with Crippen molar-refractivity contribution >= 4 is 53.3 Å². The Hall–Kier alpha value is -1.50. The van der Waals surface area contributed by atoms with Crippen LogP contribution in [0.25, 0.3) is 0 Å². The fraction of sp³-hybridized carbons (Fsp3) is 0.0769. The van der Waals surface area contributed by atoms with Crippen LogP contribution in [0.3, 0.4) is 0 Å². The molecule has 23 heavy (non-hydrogen) atoms. The molecule has 10 heteroatoms. The Morgan fingerprint density at radius 1 is 1.22 bits per heavy atom. The number of aromatic hydroxyl groups is 1. The van der Waals surface area contributed by atoms with Gasteiger partial charge in [-0.3, -0.25) is 0 Å². The second-order valence-electron chi connectivity index (χ2n) is 4.23. The second-order valence-corrected chi connectivity index (χ2v) is 8.35. The van der Waals surface area contributed by atoms with Crippen LogP contribution < -0.4 is 9.67 Å². The van der Waals surface area contributed by atoms with Crippen molar-refractivity contribution in [2.75, 3.05) is 5.32 Å². The summed E-state index contributed by atoms with van der Waals surface area (Å²) in [6.07, 6.45) is 1.50. The molecule has 1 heterocycles. The second kappa shape index (κ2) is 8.38. The Labute approximate surface area is 144 Å². The summed E-state index contributed by atoms with van der Waals surface area (Å²) in [5, 5.41) is 12.8. The molecule has 0 fully saturated rings. The molecule has 0 atom stereocenters. The molecule has 0 bridgehead atoms. The van der Waals surface area contributed by atoms with E-state index in [1.807, 2.05) is 0 Å². The van der Waals surface area contributed by atoms with E-state index < -0.39 is 24.3 Å². The van der Waals surface area contributed by atoms with Crippen molar-refractivity contribution in [3.8, 4) is 5.75 Å². The van der Waals surface area contributed by atoms with Gasteiger partial charge in [0, 0.05) is 6.20 Å². The zero-order chi connectivity index (χ0) is 17.6. The molecular formula is C13H13AsCl2N2O5. The van der Waals surface area contributed by atoms with Crippen LogP contribution in [0.1, 0.15) is 6.92 Å². The molecule has 1 aromatic carbocycles. The van der Waals surface area contributed by atoms with E-state index >= 15 is 0 Å². The van der Waals surface area contributed by atoms with Crippen LogP contribution >= 0.6 is 23.2 Å². The van der Waals surface area contributed by atoms with Crippen LogP contribution in [0.15, 0.2) is 36.5 Å². The van der Waals surface area contributed by atoms with Gasteiger partial charge in [-0.1, -0.05) is 23.2 Å². The van der Waals surface area contributed by atoms with E-state index in [4.69, 9.17) is 31.4 Å². The van der Waals surface area contributed by atoms with Crippen LogP contribution in [-0.2, 0) is 8.53 Å². The Kier molecular flexibility index (Phi) is 7.12. The van der Waals surface area contributed by atoms with Gasteiger partial charge >= 0.3 is 88.1 Å². The molecule has 1 amide bonds. The molecular weight excluding hydrogens is 410 g/mol. The van der Waals surface area contributed by atoms with Crippen molar-refractivity contribution in [1.82, 2.24) is 4.98 Å². The van der Waals surface area contributed by atoms with Gasteiger partial charge in [-0.05, 0) is 12.1 Å². The first-order valence-electron chi connectivity index (χ1n) is 6.03. The van der Waals surface area contributed by atoms with Gasteiger partial charge in [-0.25, -0.2) is 4.98 Å². The van der Waals surface area contributed by atoms with Crippen LogP contribution in [-0.4, -0.2) is 38.4 Å². The summed E-state index contributed by atoms with van der Waals surface area (Å²) < 4.78 is 28.2. The smallest absolute Gasteiger partial charge is 0.129 e. The summed E-state index contributed by atoms with van der Waals surface area (Å²) in [7, 11) is 0. The molecule has 0 aliphatic carbocycles. The van der Waals surface area contributed by atoms with Crippen molar-refractivity contribution in [2.45, 2.75) is 6.92 Å². The molecule has 1 aromatic heterocycles. The Balaban J connectivity index is 0.000000277. The van der Waals surface area contributed by atoms with E-state index in [2.05, 4.69) is 10.3 Å². The molecule has 0 aliphatic heterocycles. The molecule has 0 saturated carbocycles. The predicted molar refractivity (Wildman–Crippen MR) is 87.2 cm³/mol. The van der Waals surface area contributed by atoms with Gasteiger partial charge in [0.15, 0.2) is 0 Å². The molecule has 0 unspecified atom stereocenters. The quantitative estimate of drug-likeness (QED) is 0.427. The summed E-state index contributed by atoms with van der Waals surface area (Å²) in [6, 6.07) is 6.84. The molecule has 2 aromatic rings. The third kappa shape index (κ3) is 7.07. The van der Waals surface area contributed by atoms with Crippen molar-refractivity contribution in [2.24, 2.45) is 0 Å². The van der Waals surface area contributed by atoms with Gasteiger partial charge in [0.05, 0.1) is 5.02 Å². The van der Waals surface area contributed by atoms with Crippen LogP contribution in [0.4, 0.5) is 5.69 Å². The predicted octanol–water partition coefficient (Wildman–Crippen LogP) is 1.30. The first-order valence-corrected chi connectivity index (χ1v) is 10.2. The van der Waals surface area contributed by atoms with E-state index in [1.54, 1.807) is 12.1 Å². The first kappa shape index (κ1) is 19.5. The van der Waals surface area contributed by atoms with Crippen molar-refractivity contribution in [3.05, 3.63) is 46.7 Å². The maximum Gasteiger partial charge on any atom is 0.129 e. The first-order chi connectivity index (χ1) is 10.6. The number of hydrogen-bond donors (Lipinski definition) is 4. The largest absolute Gasteiger partial charge is 0.243 e. The molecule has 7 nitrogen and oxygen atoms in total. The molecule has 0 radical (unpaired) electrons. The molecule has 2 rings (SSSR count). The maximum atomic E-state index is 10.9. The number of nitrogens with one attached hydrogen (secondary N) is 1. The molecule has 124 valence electrons. The molecule has 0 saturated heterocycles. The average molecular weight is 423 g/mol. The van der Waals surface area contributed by atoms with Crippen molar-refractivity contribution in [1.29, 1.82) is 0 Å². The normalized spacial score (nSPS) is 10.5. The third-order valence-electron chi connectivity index (χ3n) is 2.30. The van der Waals surface area contributed by atoms with Gasteiger partial charge < -0.3 is 0 Å². The number of carbonyl (C=O) groups excluding carboxylic acids is 1. The van der Waals surface area contributed by atoms with Gasteiger partial charge in [0.25, 0.3) is 0 Å². The summed E-state index contributed by atoms with van der Waals surface area (Å²) >= 11 is 5.85. The number of rotatable bonds is 2. The Morgan fingerprint density at radius 2 is 1.87 bits per heavy atom. The van der Waals surface area contributed by atoms with E-state index in [0.717, 1.165) is 12.1 Å². The molecule has 4 N–H and O–H groups in total. The number of hydrogen-bond acceptors (Lipinski definition) is 4. The minimum Gasteiger partial charge on any atom is -0.243 e. The summed E-state index contributed by atoms with van der Waals surface area (Å²) in [6.45, 7) is 1.29. The topological polar surface area (TPSA) is 120 Å². The number of benzene rings is 1. The zero-order valence-corrected chi connectivity index (χ0v) is 15.2. The SMILES string of the molecule is CC(=O)Nc1ccc([As](=O)(O)O)c(O)c1.Clc1ccc(Cl)nc1. The zero-order valence-electron chi connectivity index (χ0n) is 11.8. The number of amides is 1. The van der Waals surface area contributed by atoms with E-state index in [9.17, 15) is 13.6 Å². The van der Waals surface area contributed by atoms with Gasteiger partial charge in [-0.15, -0.1) is 0 Å². The number of phenolic OH excluding ortho intramolecular Hbond substituents is 1. The van der Waals surface area contributed by atoms with Crippen LogP contribution in [0.5, 0.6) is 5.75 Å². The van der Waals surface area contributed by atoms with Crippen molar-refractivity contribution < 1.29 is 21.8 Å². The fourth-order valence-corrected chi connectivity index (χ4v) is 2.96. The minimum absolute atomic E-state index is 0.285. The number of aromatic nitrogens is 1. The summed E-state index contributed by atoms with van der Waals surface area (Å²) in [5.41, 5.74) is 0.285. The molecule has 0 aliphatic rings. The number of phenols is 1. The van der Waals surface area contributed by atoms with Gasteiger partial charge in [-0.2, -0.15) is 0 Å². The third-order valence-corrected chi connectivity index (χ3v) is 4.86. The fourth-order valence-electron chi connectivity index (χ4n) is 1.41. The van der Waals surface area contributed by atoms with Crippen molar-refractivity contribution in [3.63, 3.8) is 0 Å². The van der Waals surface area contributed by atoms with E-state index in [-0.39, 0.29) is 11.6 Å². The van der Waals surface area contributed by atoms with E-state index in [0.29, 0.717) is 10.2 Å². The van der Waals surface area contributed by atoms with Crippen LogP contribution in [0, 0.1) is 0 Å². The van der Waals surface area contributed by atoms with Crippen LogP contribution in [0.2, 0.25) is 10.2 Å². The molecule has 0 spiro atoms. The van der Waals surface area contributed by atoms with Gasteiger partial charge in [0.1, 0.15) is 5.15 Å².